The molecule has 2 heterocycles. The van der Waals surface area contributed by atoms with Crippen LogP contribution in [0.25, 0.3) is 10.9 Å². The van der Waals surface area contributed by atoms with Crippen LogP contribution in [0.2, 0.25) is 0 Å². The molecule has 30 heavy (non-hydrogen) atoms. The van der Waals surface area contributed by atoms with Crippen LogP contribution in [-0.2, 0) is 29.6 Å². The average molecular weight is 404 g/mol. The Balaban J connectivity index is 1.35. The van der Waals surface area contributed by atoms with Crippen molar-refractivity contribution >= 4 is 16.9 Å². The molecule has 0 spiro atoms. The van der Waals surface area contributed by atoms with Crippen LogP contribution in [0.4, 0.5) is 0 Å². The zero-order valence-electron chi connectivity index (χ0n) is 17.6. The summed E-state index contributed by atoms with van der Waals surface area (Å²) >= 11 is 0. The molecule has 1 aliphatic carbocycles. The Hall–Kier alpha value is -2.63. The van der Waals surface area contributed by atoms with Gasteiger partial charge in [-0.2, -0.15) is 0 Å². The van der Waals surface area contributed by atoms with Gasteiger partial charge in [0.2, 0.25) is 0 Å². The monoisotopic (exact) mass is 403 g/mol. The highest BCUT2D eigenvalue weighted by molar-refractivity contribution is 5.89. The second-order valence-electron chi connectivity index (χ2n) is 8.94. The predicted octanol–water partition coefficient (Wildman–Crippen LogP) is 3.21. The zero-order chi connectivity index (χ0) is 20.8. The van der Waals surface area contributed by atoms with Crippen molar-refractivity contribution in [2.75, 3.05) is 13.6 Å². The van der Waals surface area contributed by atoms with Crippen LogP contribution in [0.15, 0.2) is 54.7 Å². The quantitative estimate of drug-likeness (QED) is 0.680. The number of likely N-dealkylation sites (N-methyl/N-ethyl adjacent to an activating group) is 1. The van der Waals surface area contributed by atoms with Crippen molar-refractivity contribution in [2.24, 2.45) is 18.7 Å². The number of nitrogens with zero attached hydrogens (tertiary/aromatic N) is 2. The molecule has 5 heteroatoms. The summed E-state index contributed by atoms with van der Waals surface area (Å²) in [7, 11) is 4.29. The number of rotatable bonds is 4. The second-order valence-corrected chi connectivity index (χ2v) is 8.94. The summed E-state index contributed by atoms with van der Waals surface area (Å²) in [5, 5.41) is 1.40. The minimum atomic E-state index is -0.603. The lowest BCUT2D eigenvalue weighted by Crippen LogP contribution is -2.53. The molecule has 2 aromatic carbocycles. The zero-order valence-corrected chi connectivity index (χ0v) is 17.6. The summed E-state index contributed by atoms with van der Waals surface area (Å²) in [6.07, 6.45) is 4.25. The molecule has 3 aromatic rings. The fourth-order valence-corrected chi connectivity index (χ4v) is 5.54. The number of fused-ring (bicyclic) bond motifs is 2. The number of esters is 1. The third-order valence-electron chi connectivity index (χ3n) is 7.07. The van der Waals surface area contributed by atoms with Gasteiger partial charge in [0.1, 0.15) is 12.6 Å². The highest BCUT2D eigenvalue weighted by Gasteiger charge is 2.42. The van der Waals surface area contributed by atoms with E-state index >= 15 is 0 Å². The van der Waals surface area contributed by atoms with Crippen molar-refractivity contribution in [3.05, 3.63) is 71.4 Å². The van der Waals surface area contributed by atoms with E-state index in [2.05, 4.69) is 48.0 Å². The molecule has 1 saturated heterocycles. The van der Waals surface area contributed by atoms with Gasteiger partial charge in [-0.05, 0) is 48.6 Å². The third-order valence-corrected chi connectivity index (χ3v) is 7.07. The molecule has 0 saturated carbocycles. The Kier molecular flexibility index (Phi) is 4.88. The number of hydrogen-bond acceptors (Lipinski definition) is 4. The van der Waals surface area contributed by atoms with E-state index in [4.69, 9.17) is 10.5 Å². The maximum Gasteiger partial charge on any atom is 0.323 e. The van der Waals surface area contributed by atoms with Gasteiger partial charge in [-0.3, -0.25) is 4.79 Å². The summed E-state index contributed by atoms with van der Waals surface area (Å²) < 4.78 is 7.78. The topological polar surface area (TPSA) is 60.5 Å². The van der Waals surface area contributed by atoms with Gasteiger partial charge in [-0.25, -0.2) is 0 Å². The van der Waals surface area contributed by atoms with E-state index in [0.717, 1.165) is 24.9 Å². The molecule has 5 rings (SSSR count). The number of benzene rings is 2. The van der Waals surface area contributed by atoms with E-state index < -0.39 is 6.04 Å². The summed E-state index contributed by atoms with van der Waals surface area (Å²) in [6.45, 7) is 1.09. The largest absolute Gasteiger partial charge is 0.460 e. The summed E-state index contributed by atoms with van der Waals surface area (Å²) in [5.74, 6) is 0.172. The van der Waals surface area contributed by atoms with Gasteiger partial charge in [-0.15, -0.1) is 0 Å². The van der Waals surface area contributed by atoms with Gasteiger partial charge >= 0.3 is 5.97 Å². The first-order valence-electron chi connectivity index (χ1n) is 10.8. The molecule has 4 atom stereocenters. The van der Waals surface area contributed by atoms with E-state index in [9.17, 15) is 4.79 Å². The molecule has 0 amide bonds. The molecular weight excluding hydrogens is 374 g/mol. The number of aryl methyl sites for hydroxylation is 1. The Morgan fingerprint density at radius 3 is 2.77 bits per heavy atom. The lowest BCUT2D eigenvalue weighted by atomic mass is 9.71. The van der Waals surface area contributed by atoms with E-state index in [1.54, 1.807) is 0 Å². The third kappa shape index (κ3) is 3.22. The first-order valence-corrected chi connectivity index (χ1v) is 10.8. The maximum atomic E-state index is 12.7. The number of carbonyl (C=O) groups is 1. The number of ether oxygens (including phenoxy) is 1. The first kappa shape index (κ1) is 19.3. The van der Waals surface area contributed by atoms with Crippen molar-refractivity contribution in [3.63, 3.8) is 0 Å². The minimum Gasteiger partial charge on any atom is -0.460 e. The van der Waals surface area contributed by atoms with Crippen LogP contribution in [0.3, 0.4) is 0 Å². The Morgan fingerprint density at radius 1 is 1.17 bits per heavy atom. The van der Waals surface area contributed by atoms with Gasteiger partial charge in [0, 0.05) is 42.7 Å². The summed E-state index contributed by atoms with van der Waals surface area (Å²) in [5.41, 5.74) is 11.5. The van der Waals surface area contributed by atoms with Crippen LogP contribution in [0, 0.1) is 5.92 Å². The van der Waals surface area contributed by atoms with E-state index in [-0.39, 0.29) is 18.5 Å². The lowest BCUT2D eigenvalue weighted by molar-refractivity contribution is -0.148. The van der Waals surface area contributed by atoms with Crippen LogP contribution < -0.4 is 5.73 Å². The van der Waals surface area contributed by atoms with E-state index in [1.165, 1.54) is 22.0 Å². The smallest absolute Gasteiger partial charge is 0.323 e. The Morgan fingerprint density at radius 2 is 1.97 bits per heavy atom. The highest BCUT2D eigenvalue weighted by atomic mass is 16.5. The van der Waals surface area contributed by atoms with E-state index in [1.807, 2.05) is 30.3 Å². The fourth-order valence-electron chi connectivity index (χ4n) is 5.54. The van der Waals surface area contributed by atoms with Crippen LogP contribution in [-0.4, -0.2) is 41.1 Å². The molecule has 1 aromatic heterocycles. The Bertz CT molecular complexity index is 1070. The fraction of sp³-hybridized carbons (Fsp3) is 0.400. The second kappa shape index (κ2) is 7.56. The number of nitrogens with two attached hydrogens (primary N) is 1. The molecule has 2 N–H and O–H groups in total. The molecule has 5 nitrogen and oxygen atoms in total. The molecule has 1 fully saturated rings. The normalized spacial score (nSPS) is 24.4. The number of hydrogen-bond donors (Lipinski definition) is 1. The number of piperidine rings is 1. The summed E-state index contributed by atoms with van der Waals surface area (Å²) in [6, 6.07) is 16.2. The van der Waals surface area contributed by atoms with Crippen molar-refractivity contribution < 1.29 is 9.53 Å². The van der Waals surface area contributed by atoms with Crippen LogP contribution in [0.1, 0.15) is 29.0 Å². The first-order chi connectivity index (χ1) is 14.5. The molecule has 1 aliphatic heterocycles. The molecule has 2 aliphatic rings. The highest BCUT2D eigenvalue weighted by Crippen LogP contribution is 2.45. The molecule has 0 bridgehead atoms. The van der Waals surface area contributed by atoms with Gasteiger partial charge in [0.25, 0.3) is 0 Å². The maximum absolute atomic E-state index is 12.7. The Labute approximate surface area is 177 Å². The van der Waals surface area contributed by atoms with Crippen LogP contribution >= 0.6 is 0 Å². The van der Waals surface area contributed by atoms with Crippen molar-refractivity contribution in [1.82, 2.24) is 9.47 Å². The van der Waals surface area contributed by atoms with Gasteiger partial charge in [0.05, 0.1) is 0 Å². The molecular formula is C25H29N3O2. The summed E-state index contributed by atoms with van der Waals surface area (Å²) in [4.78, 5) is 15.1. The van der Waals surface area contributed by atoms with Crippen LogP contribution in [0.5, 0.6) is 0 Å². The van der Waals surface area contributed by atoms with Gasteiger partial charge in [0.15, 0.2) is 0 Å². The lowest BCUT2D eigenvalue weighted by Gasteiger charge is -2.46. The number of aromatic nitrogens is 1. The van der Waals surface area contributed by atoms with Crippen molar-refractivity contribution in [1.29, 1.82) is 0 Å². The number of likely N-dealkylation sites (tertiary alicyclic amines) is 1. The average Bonchev–Trinajstić information content (AvgIpc) is 3.09. The van der Waals surface area contributed by atoms with Gasteiger partial charge < -0.3 is 19.9 Å². The van der Waals surface area contributed by atoms with Gasteiger partial charge in [-0.1, -0.05) is 42.5 Å². The minimum absolute atomic E-state index is 0.0834. The van der Waals surface area contributed by atoms with Crippen molar-refractivity contribution in [3.8, 4) is 0 Å². The molecule has 2 unspecified atom stereocenters. The molecule has 0 radical (unpaired) electrons. The predicted molar refractivity (Wildman–Crippen MR) is 118 cm³/mol. The van der Waals surface area contributed by atoms with Crippen molar-refractivity contribution in [2.45, 2.75) is 37.5 Å². The van der Waals surface area contributed by atoms with E-state index in [0.29, 0.717) is 12.0 Å². The molecule has 156 valence electrons. The standard InChI is InChI=1S/C25H29N3O2/c1-27-13-17-12-22-20(19-9-6-10-21(27)23(17)19)11-18(14-28(22)2)24(26)25(29)30-15-16-7-4-3-5-8-16/h3-10,13,18,20,22,24H,11-12,14-15,26H2,1-2H3/t18?,20-,22-,24?/m1/s1. The SMILES string of the molecule is CN1CC(C(N)C(=O)OCc2ccccc2)C[C@@H]2c3cccc4c3c(cn4C)C[C@H]21. The number of carbonyl (C=O) groups excluding carboxylic acids is 1.